The van der Waals surface area contributed by atoms with Crippen LogP contribution in [0.4, 0.5) is 0 Å². The highest BCUT2D eigenvalue weighted by molar-refractivity contribution is 8.01. The van der Waals surface area contributed by atoms with E-state index in [0.29, 0.717) is 6.04 Å². The van der Waals surface area contributed by atoms with Crippen molar-refractivity contribution in [1.82, 2.24) is 10.2 Å². The van der Waals surface area contributed by atoms with E-state index in [9.17, 15) is 8.42 Å². The molecule has 17 heavy (non-hydrogen) atoms. The van der Waals surface area contributed by atoms with Crippen molar-refractivity contribution in [3.63, 3.8) is 0 Å². The second kappa shape index (κ2) is 5.91. The zero-order valence-corrected chi connectivity index (χ0v) is 12.0. The van der Waals surface area contributed by atoms with Gasteiger partial charge in [0.2, 0.25) is 0 Å². The van der Waals surface area contributed by atoms with Crippen LogP contribution in [0.25, 0.3) is 0 Å². The summed E-state index contributed by atoms with van der Waals surface area (Å²) < 4.78 is 24.1. The van der Waals surface area contributed by atoms with Crippen molar-refractivity contribution in [3.05, 3.63) is 0 Å². The van der Waals surface area contributed by atoms with Crippen LogP contribution in [0, 0.1) is 0 Å². The summed E-state index contributed by atoms with van der Waals surface area (Å²) in [6.07, 6.45) is 2.40. The fourth-order valence-electron chi connectivity index (χ4n) is 2.54. The lowest BCUT2D eigenvalue weighted by Crippen LogP contribution is -2.51. The lowest BCUT2D eigenvalue weighted by atomic mass is 10.2. The highest BCUT2D eigenvalue weighted by Gasteiger charge is 2.34. The largest absolute Gasteiger partial charge is 0.313 e. The van der Waals surface area contributed by atoms with E-state index in [0.717, 1.165) is 31.1 Å². The first-order valence-corrected chi connectivity index (χ1v) is 9.27. The van der Waals surface area contributed by atoms with Crippen LogP contribution in [0.2, 0.25) is 0 Å². The van der Waals surface area contributed by atoms with E-state index in [-0.39, 0.29) is 11.1 Å². The fourth-order valence-corrected chi connectivity index (χ4v) is 5.63. The number of rotatable bonds is 4. The zero-order chi connectivity index (χ0) is 12.3. The molecule has 0 aromatic carbocycles. The predicted molar refractivity (Wildman–Crippen MR) is 73.2 cm³/mol. The summed E-state index contributed by atoms with van der Waals surface area (Å²) >= 11 is 1.77. The maximum atomic E-state index is 12.1. The van der Waals surface area contributed by atoms with Gasteiger partial charge in [-0.25, -0.2) is 8.42 Å². The third-order valence-corrected chi connectivity index (χ3v) is 6.96. The standard InChI is InChI=1S/C11H22N2O2S2/c1-2-17(14,15)11-9-16-7-6-13(11)8-10-4-3-5-12-10/h10-12H,2-9H2,1H3. The molecule has 0 radical (unpaired) electrons. The molecule has 0 amide bonds. The molecule has 2 aliphatic rings. The van der Waals surface area contributed by atoms with Crippen LogP contribution in [0.15, 0.2) is 0 Å². The van der Waals surface area contributed by atoms with Gasteiger partial charge >= 0.3 is 0 Å². The van der Waals surface area contributed by atoms with Gasteiger partial charge in [-0.15, -0.1) is 0 Å². The van der Waals surface area contributed by atoms with Crippen LogP contribution in [-0.4, -0.2) is 61.6 Å². The molecule has 0 aromatic heterocycles. The summed E-state index contributed by atoms with van der Waals surface area (Å²) in [5.74, 6) is 2.05. The summed E-state index contributed by atoms with van der Waals surface area (Å²) in [5, 5.41) is 3.19. The Bertz CT molecular complexity index is 339. The van der Waals surface area contributed by atoms with Crippen molar-refractivity contribution in [3.8, 4) is 0 Å². The summed E-state index contributed by atoms with van der Waals surface area (Å²) in [5.41, 5.74) is 0. The minimum absolute atomic E-state index is 0.256. The van der Waals surface area contributed by atoms with E-state index in [2.05, 4.69) is 10.2 Å². The molecule has 2 aliphatic heterocycles. The van der Waals surface area contributed by atoms with Gasteiger partial charge in [0.15, 0.2) is 9.84 Å². The lowest BCUT2D eigenvalue weighted by Gasteiger charge is -2.36. The summed E-state index contributed by atoms with van der Waals surface area (Å²) in [6, 6.07) is 0.493. The molecule has 0 bridgehead atoms. The van der Waals surface area contributed by atoms with Gasteiger partial charge < -0.3 is 5.32 Å². The average Bonchev–Trinajstić information content (AvgIpc) is 2.82. The Balaban J connectivity index is 2.01. The van der Waals surface area contributed by atoms with Gasteiger partial charge in [-0.3, -0.25) is 4.90 Å². The van der Waals surface area contributed by atoms with E-state index in [1.807, 2.05) is 0 Å². The third-order valence-electron chi connectivity index (χ3n) is 3.62. The van der Waals surface area contributed by atoms with Crippen molar-refractivity contribution in [2.24, 2.45) is 0 Å². The Kier molecular flexibility index (Phi) is 4.74. The first-order valence-electron chi connectivity index (χ1n) is 6.40. The van der Waals surface area contributed by atoms with E-state index >= 15 is 0 Å². The number of sulfone groups is 1. The SMILES string of the molecule is CCS(=O)(=O)C1CSCCN1CC1CCCN1. The van der Waals surface area contributed by atoms with E-state index < -0.39 is 9.84 Å². The highest BCUT2D eigenvalue weighted by Crippen LogP contribution is 2.22. The van der Waals surface area contributed by atoms with Crippen molar-refractivity contribution in [2.75, 3.05) is 36.9 Å². The molecule has 2 unspecified atom stereocenters. The molecule has 0 aliphatic carbocycles. The van der Waals surface area contributed by atoms with Crippen molar-refractivity contribution in [1.29, 1.82) is 0 Å². The molecule has 6 heteroatoms. The van der Waals surface area contributed by atoms with E-state index in [1.54, 1.807) is 18.7 Å². The zero-order valence-electron chi connectivity index (χ0n) is 10.4. The van der Waals surface area contributed by atoms with Crippen LogP contribution in [-0.2, 0) is 9.84 Å². The molecular formula is C11H22N2O2S2. The number of nitrogens with zero attached hydrogens (tertiary/aromatic N) is 1. The van der Waals surface area contributed by atoms with Gasteiger partial charge in [0, 0.05) is 36.4 Å². The second-order valence-electron chi connectivity index (χ2n) is 4.77. The molecule has 0 spiro atoms. The topological polar surface area (TPSA) is 49.4 Å². The molecule has 100 valence electrons. The molecule has 1 N–H and O–H groups in total. The molecule has 2 rings (SSSR count). The van der Waals surface area contributed by atoms with Gasteiger partial charge in [0.1, 0.15) is 5.37 Å². The molecule has 2 atom stereocenters. The average molecular weight is 278 g/mol. The number of thioether (sulfide) groups is 1. The first-order chi connectivity index (χ1) is 8.13. The van der Waals surface area contributed by atoms with Gasteiger partial charge in [0.05, 0.1) is 0 Å². The van der Waals surface area contributed by atoms with Crippen LogP contribution in [0.1, 0.15) is 19.8 Å². The summed E-state index contributed by atoms with van der Waals surface area (Å²) in [7, 11) is -2.93. The van der Waals surface area contributed by atoms with Gasteiger partial charge in [-0.1, -0.05) is 6.92 Å². The minimum atomic E-state index is -2.93. The van der Waals surface area contributed by atoms with Crippen LogP contribution in [0.3, 0.4) is 0 Å². The summed E-state index contributed by atoms with van der Waals surface area (Å²) in [6.45, 7) is 4.64. The Morgan fingerprint density at radius 3 is 2.94 bits per heavy atom. The molecule has 2 fully saturated rings. The normalized spacial score (nSPS) is 31.8. The molecule has 4 nitrogen and oxygen atoms in total. The van der Waals surface area contributed by atoms with E-state index in [1.165, 1.54) is 12.8 Å². The molecule has 0 saturated carbocycles. The van der Waals surface area contributed by atoms with Crippen molar-refractivity contribution in [2.45, 2.75) is 31.2 Å². The first kappa shape index (κ1) is 13.6. The summed E-state index contributed by atoms with van der Waals surface area (Å²) in [4.78, 5) is 2.18. The van der Waals surface area contributed by atoms with Crippen LogP contribution in [0.5, 0.6) is 0 Å². The number of nitrogens with one attached hydrogen (secondary N) is 1. The fraction of sp³-hybridized carbons (Fsp3) is 1.00. The third kappa shape index (κ3) is 3.36. The number of hydrogen-bond acceptors (Lipinski definition) is 5. The van der Waals surface area contributed by atoms with Crippen molar-refractivity contribution >= 4 is 21.6 Å². The molecule has 2 saturated heterocycles. The van der Waals surface area contributed by atoms with E-state index in [4.69, 9.17) is 0 Å². The van der Waals surface area contributed by atoms with Crippen LogP contribution >= 0.6 is 11.8 Å². The Hall–Kier alpha value is 0.220. The Morgan fingerprint density at radius 1 is 1.47 bits per heavy atom. The number of hydrogen-bond donors (Lipinski definition) is 1. The van der Waals surface area contributed by atoms with Gasteiger partial charge in [-0.2, -0.15) is 11.8 Å². The molecule has 2 heterocycles. The maximum Gasteiger partial charge on any atom is 0.166 e. The Labute approximate surface area is 108 Å². The second-order valence-corrected chi connectivity index (χ2v) is 8.37. The van der Waals surface area contributed by atoms with Crippen LogP contribution < -0.4 is 5.32 Å². The maximum absolute atomic E-state index is 12.1. The molecular weight excluding hydrogens is 256 g/mol. The smallest absolute Gasteiger partial charge is 0.166 e. The highest BCUT2D eigenvalue weighted by atomic mass is 32.2. The Morgan fingerprint density at radius 2 is 2.29 bits per heavy atom. The quantitative estimate of drug-likeness (QED) is 0.814. The minimum Gasteiger partial charge on any atom is -0.313 e. The lowest BCUT2D eigenvalue weighted by molar-refractivity contribution is 0.245. The van der Waals surface area contributed by atoms with Gasteiger partial charge in [0.25, 0.3) is 0 Å². The monoisotopic (exact) mass is 278 g/mol. The van der Waals surface area contributed by atoms with Gasteiger partial charge in [-0.05, 0) is 19.4 Å². The molecule has 0 aromatic rings. The predicted octanol–water partition coefficient (Wildman–Crippen LogP) is 0.548. The van der Waals surface area contributed by atoms with Crippen molar-refractivity contribution < 1.29 is 8.42 Å².